The molecule has 0 spiro atoms. The number of ether oxygens (including phenoxy) is 6. The van der Waals surface area contributed by atoms with Crippen LogP contribution >= 0.6 is 0 Å². The van der Waals surface area contributed by atoms with E-state index in [0.29, 0.717) is 92.4 Å². The summed E-state index contributed by atoms with van der Waals surface area (Å²) in [5, 5.41) is 0. The van der Waals surface area contributed by atoms with Gasteiger partial charge < -0.3 is 33.3 Å². The molecular weight excluding hydrogens is 366 g/mol. The predicted molar refractivity (Wildman–Crippen MR) is 106 cm³/mol. The van der Waals surface area contributed by atoms with Crippen LogP contribution in [-0.2, 0) is 33.2 Å². The normalized spacial score (nSPS) is 21.6. The fraction of sp³-hybridized carbons (Fsp3) is 0.950. The van der Waals surface area contributed by atoms with Crippen molar-refractivity contribution in [2.75, 3.05) is 92.4 Å². The maximum atomic E-state index is 12.8. The van der Waals surface area contributed by atoms with Gasteiger partial charge in [-0.2, -0.15) is 0 Å². The second-order valence-corrected chi connectivity index (χ2v) is 7.20. The Morgan fingerprint density at radius 3 is 1.21 bits per heavy atom. The van der Waals surface area contributed by atoms with E-state index in [1.165, 1.54) is 0 Å². The minimum atomic E-state index is -0.390. The Bertz CT molecular complexity index is 371. The highest BCUT2D eigenvalue weighted by molar-refractivity contribution is 5.81. The number of amides is 1. The van der Waals surface area contributed by atoms with Crippen LogP contribution in [-0.4, -0.2) is 103 Å². The van der Waals surface area contributed by atoms with Gasteiger partial charge in [0.2, 0.25) is 5.91 Å². The van der Waals surface area contributed by atoms with Gasteiger partial charge in [0, 0.05) is 18.5 Å². The number of rotatable bonds is 2. The van der Waals surface area contributed by atoms with Gasteiger partial charge in [0.05, 0.1) is 79.3 Å². The van der Waals surface area contributed by atoms with Crippen LogP contribution in [0, 0.1) is 5.41 Å². The summed E-state index contributed by atoms with van der Waals surface area (Å²) in [5.41, 5.74) is -0.390. The zero-order valence-electron chi connectivity index (χ0n) is 17.9. The highest BCUT2D eigenvalue weighted by atomic mass is 16.6. The molecule has 1 saturated heterocycles. The van der Waals surface area contributed by atoms with Crippen molar-refractivity contribution in [1.29, 1.82) is 0 Å². The van der Waals surface area contributed by atoms with Crippen molar-refractivity contribution in [3.05, 3.63) is 0 Å². The van der Waals surface area contributed by atoms with Gasteiger partial charge in [-0.25, -0.2) is 0 Å². The van der Waals surface area contributed by atoms with Gasteiger partial charge in [-0.15, -0.1) is 0 Å². The lowest BCUT2D eigenvalue weighted by Gasteiger charge is -2.31. The van der Waals surface area contributed by atoms with Crippen LogP contribution < -0.4 is 0 Å². The van der Waals surface area contributed by atoms with E-state index in [-0.39, 0.29) is 5.91 Å². The predicted octanol–water partition coefficient (Wildman–Crippen LogP) is 1.36. The average molecular weight is 406 g/mol. The second-order valence-electron chi connectivity index (χ2n) is 7.20. The molecule has 8 nitrogen and oxygen atoms in total. The molecule has 0 radical (unpaired) electrons. The summed E-state index contributed by atoms with van der Waals surface area (Å²) in [6.45, 7) is 13.2. The van der Waals surface area contributed by atoms with E-state index in [1.54, 1.807) is 0 Å². The Labute approximate surface area is 169 Å². The third-order valence-corrected chi connectivity index (χ3v) is 4.62. The monoisotopic (exact) mass is 405 g/mol. The summed E-state index contributed by atoms with van der Waals surface area (Å²) in [4.78, 5) is 14.6. The van der Waals surface area contributed by atoms with Crippen LogP contribution in [0.4, 0.5) is 0 Å². The number of hydrogen-bond donors (Lipinski definition) is 0. The maximum Gasteiger partial charge on any atom is 0.228 e. The smallest absolute Gasteiger partial charge is 0.228 e. The zero-order chi connectivity index (χ0) is 20.5. The van der Waals surface area contributed by atoms with Crippen molar-refractivity contribution in [2.45, 2.75) is 27.2 Å². The van der Waals surface area contributed by atoms with Crippen molar-refractivity contribution < 1.29 is 33.2 Å². The standard InChI is InChI=1S/C20H39NO7/c1-4-20(2,3)19(22)21-5-7-23-9-11-25-13-15-27-17-18-28-16-14-26-12-10-24-8-6-21/h4-18H2,1-3H3. The molecule has 0 saturated carbocycles. The van der Waals surface area contributed by atoms with Crippen molar-refractivity contribution in [3.63, 3.8) is 0 Å². The summed E-state index contributed by atoms with van der Waals surface area (Å²) in [7, 11) is 0. The van der Waals surface area contributed by atoms with Crippen LogP contribution in [0.25, 0.3) is 0 Å². The molecule has 1 heterocycles. The van der Waals surface area contributed by atoms with Crippen molar-refractivity contribution in [1.82, 2.24) is 4.90 Å². The van der Waals surface area contributed by atoms with Crippen molar-refractivity contribution in [3.8, 4) is 0 Å². The lowest BCUT2D eigenvalue weighted by atomic mass is 9.88. The molecule has 8 heteroatoms. The van der Waals surface area contributed by atoms with Crippen LogP contribution in [0.3, 0.4) is 0 Å². The van der Waals surface area contributed by atoms with Gasteiger partial charge in [-0.1, -0.05) is 20.8 Å². The third-order valence-electron chi connectivity index (χ3n) is 4.62. The van der Waals surface area contributed by atoms with Gasteiger partial charge in [-0.3, -0.25) is 4.79 Å². The molecule has 0 N–H and O–H groups in total. The topological polar surface area (TPSA) is 75.7 Å². The highest BCUT2D eigenvalue weighted by Gasteiger charge is 2.29. The first-order valence-electron chi connectivity index (χ1n) is 10.3. The lowest BCUT2D eigenvalue weighted by Crippen LogP contribution is -2.44. The molecule has 0 aromatic carbocycles. The van der Waals surface area contributed by atoms with Gasteiger partial charge in [0.25, 0.3) is 0 Å². The van der Waals surface area contributed by atoms with Gasteiger partial charge in [-0.05, 0) is 6.42 Å². The molecule has 0 bridgehead atoms. The largest absolute Gasteiger partial charge is 0.377 e. The van der Waals surface area contributed by atoms with E-state index in [0.717, 1.165) is 6.42 Å². The number of carbonyl (C=O) groups is 1. The van der Waals surface area contributed by atoms with Crippen molar-refractivity contribution in [2.24, 2.45) is 5.41 Å². The second kappa shape index (κ2) is 16.1. The molecule has 1 fully saturated rings. The molecule has 1 rings (SSSR count). The van der Waals surface area contributed by atoms with Crippen LogP contribution in [0.5, 0.6) is 0 Å². The first-order chi connectivity index (χ1) is 13.6. The lowest BCUT2D eigenvalue weighted by molar-refractivity contribution is -0.142. The molecule has 1 aliphatic rings. The molecule has 0 unspecified atom stereocenters. The quantitative estimate of drug-likeness (QED) is 0.687. The molecule has 0 aromatic heterocycles. The molecular formula is C20H39NO7. The molecule has 0 aliphatic carbocycles. The van der Waals surface area contributed by atoms with E-state index < -0.39 is 5.41 Å². The number of carbonyl (C=O) groups excluding carboxylic acids is 1. The third kappa shape index (κ3) is 11.9. The molecule has 0 atom stereocenters. The van der Waals surface area contributed by atoms with Crippen LogP contribution in [0.15, 0.2) is 0 Å². The van der Waals surface area contributed by atoms with Crippen LogP contribution in [0.1, 0.15) is 27.2 Å². The molecule has 28 heavy (non-hydrogen) atoms. The Kier molecular flexibility index (Phi) is 14.5. The zero-order valence-corrected chi connectivity index (χ0v) is 17.9. The fourth-order valence-corrected chi connectivity index (χ4v) is 2.45. The Morgan fingerprint density at radius 2 is 0.929 bits per heavy atom. The summed E-state index contributed by atoms with van der Waals surface area (Å²) in [6.07, 6.45) is 0.788. The summed E-state index contributed by atoms with van der Waals surface area (Å²) in [6, 6.07) is 0. The maximum absolute atomic E-state index is 12.8. The van der Waals surface area contributed by atoms with E-state index in [1.807, 2.05) is 25.7 Å². The van der Waals surface area contributed by atoms with Crippen LogP contribution in [0.2, 0.25) is 0 Å². The minimum Gasteiger partial charge on any atom is -0.377 e. The first kappa shape index (κ1) is 25.3. The number of nitrogens with zero attached hydrogens (tertiary/aromatic N) is 1. The van der Waals surface area contributed by atoms with Gasteiger partial charge in [0.15, 0.2) is 0 Å². The molecule has 1 aliphatic heterocycles. The van der Waals surface area contributed by atoms with Gasteiger partial charge >= 0.3 is 0 Å². The van der Waals surface area contributed by atoms with E-state index >= 15 is 0 Å². The van der Waals surface area contributed by atoms with E-state index in [4.69, 9.17) is 28.4 Å². The Balaban J connectivity index is 2.43. The van der Waals surface area contributed by atoms with E-state index in [2.05, 4.69) is 0 Å². The minimum absolute atomic E-state index is 0.127. The molecule has 0 aromatic rings. The highest BCUT2D eigenvalue weighted by Crippen LogP contribution is 2.22. The first-order valence-corrected chi connectivity index (χ1v) is 10.3. The Hall–Kier alpha value is -0.770. The summed E-state index contributed by atoms with van der Waals surface area (Å²) in [5.74, 6) is 0.127. The van der Waals surface area contributed by atoms with E-state index in [9.17, 15) is 4.79 Å². The summed E-state index contributed by atoms with van der Waals surface area (Å²) < 4.78 is 33.0. The summed E-state index contributed by atoms with van der Waals surface area (Å²) >= 11 is 0. The Morgan fingerprint density at radius 1 is 0.643 bits per heavy atom. The van der Waals surface area contributed by atoms with Crippen molar-refractivity contribution >= 4 is 5.91 Å². The van der Waals surface area contributed by atoms with Gasteiger partial charge in [0.1, 0.15) is 0 Å². The number of hydrogen-bond acceptors (Lipinski definition) is 7. The average Bonchev–Trinajstić information content (AvgIpc) is 2.69. The molecule has 166 valence electrons. The molecule has 1 amide bonds. The fourth-order valence-electron chi connectivity index (χ4n) is 2.45. The SMILES string of the molecule is CCC(C)(C)C(=O)N1CCOCCOCCOCCOCCOCCOCC1.